The monoisotopic (exact) mass is 287 g/mol. The molecular weight excluding hydrogens is 274 g/mol. The van der Waals surface area contributed by atoms with Gasteiger partial charge in [-0.2, -0.15) is 0 Å². The summed E-state index contributed by atoms with van der Waals surface area (Å²) in [5.74, 6) is 0. The summed E-state index contributed by atoms with van der Waals surface area (Å²) < 4.78 is 1.18. The Morgan fingerprint density at radius 3 is 2.67 bits per heavy atom. The second-order valence-electron chi connectivity index (χ2n) is 4.85. The molecule has 0 amide bonds. The molecule has 0 aromatic carbocycles. The van der Waals surface area contributed by atoms with Crippen LogP contribution in [-0.2, 0) is 6.42 Å². The number of fused-ring (bicyclic) bond motifs is 1. The maximum atomic E-state index is 9.08. The summed E-state index contributed by atoms with van der Waals surface area (Å²) in [5.41, 5.74) is 3.49. The van der Waals surface area contributed by atoms with Crippen molar-refractivity contribution in [2.24, 2.45) is 10.6 Å². The van der Waals surface area contributed by atoms with E-state index in [0.717, 1.165) is 24.1 Å². The van der Waals surface area contributed by atoms with Gasteiger partial charge < -0.3 is 5.21 Å². The van der Waals surface area contributed by atoms with Gasteiger partial charge in [-0.25, -0.2) is 0 Å². The zero-order valence-electron chi connectivity index (χ0n) is 9.09. The molecule has 0 spiro atoms. The van der Waals surface area contributed by atoms with Crippen molar-refractivity contribution < 1.29 is 5.21 Å². The average molecular weight is 288 g/mol. The van der Waals surface area contributed by atoms with Gasteiger partial charge in [-0.1, -0.05) is 19.0 Å². The molecule has 82 valence electrons. The SMILES string of the molecule is Cc1sc(Br)c2c1/C(=N\O)CC(C)(C)C2. The molecule has 0 radical (unpaired) electrons. The molecule has 0 atom stereocenters. The number of hydrogen-bond acceptors (Lipinski definition) is 3. The van der Waals surface area contributed by atoms with Crippen LogP contribution in [0, 0.1) is 12.3 Å². The first-order valence-electron chi connectivity index (χ1n) is 4.94. The van der Waals surface area contributed by atoms with Gasteiger partial charge in [-0.3, -0.25) is 0 Å². The topological polar surface area (TPSA) is 32.6 Å². The van der Waals surface area contributed by atoms with Crippen LogP contribution in [0.4, 0.5) is 0 Å². The highest BCUT2D eigenvalue weighted by atomic mass is 79.9. The van der Waals surface area contributed by atoms with Crippen LogP contribution in [0.1, 0.15) is 36.3 Å². The molecule has 0 unspecified atom stereocenters. The van der Waals surface area contributed by atoms with Gasteiger partial charge in [0.15, 0.2) is 0 Å². The molecule has 1 aliphatic carbocycles. The lowest BCUT2D eigenvalue weighted by Crippen LogP contribution is -2.27. The molecule has 2 nitrogen and oxygen atoms in total. The molecule has 1 aromatic rings. The van der Waals surface area contributed by atoms with Crippen LogP contribution in [0.2, 0.25) is 0 Å². The normalized spacial score (nSPS) is 21.7. The Labute approximate surface area is 102 Å². The minimum absolute atomic E-state index is 0.185. The Morgan fingerprint density at radius 1 is 1.40 bits per heavy atom. The summed E-state index contributed by atoms with van der Waals surface area (Å²) in [6.45, 7) is 6.50. The van der Waals surface area contributed by atoms with Gasteiger partial charge in [0.2, 0.25) is 0 Å². The Morgan fingerprint density at radius 2 is 2.07 bits per heavy atom. The Hall–Kier alpha value is -0.350. The Balaban J connectivity index is 2.62. The number of halogens is 1. The van der Waals surface area contributed by atoms with E-state index >= 15 is 0 Å². The highest BCUT2D eigenvalue weighted by Crippen LogP contribution is 2.43. The van der Waals surface area contributed by atoms with Gasteiger partial charge in [0.05, 0.1) is 9.50 Å². The quantitative estimate of drug-likeness (QED) is 0.568. The van der Waals surface area contributed by atoms with Crippen molar-refractivity contribution in [3.05, 3.63) is 19.8 Å². The van der Waals surface area contributed by atoms with Gasteiger partial charge in [-0.05, 0) is 46.7 Å². The number of hydrogen-bond donors (Lipinski definition) is 1. The molecule has 0 saturated heterocycles. The zero-order valence-corrected chi connectivity index (χ0v) is 11.5. The van der Waals surface area contributed by atoms with Crippen molar-refractivity contribution in [3.8, 4) is 0 Å². The van der Waals surface area contributed by atoms with E-state index in [1.165, 1.54) is 14.2 Å². The minimum atomic E-state index is 0.185. The fraction of sp³-hybridized carbons (Fsp3) is 0.545. The fourth-order valence-electron chi connectivity index (χ4n) is 2.26. The number of nitrogens with zero attached hydrogens (tertiary/aromatic N) is 1. The summed E-state index contributed by atoms with van der Waals surface area (Å²) in [6, 6.07) is 0. The summed E-state index contributed by atoms with van der Waals surface area (Å²) in [5, 5.41) is 12.5. The molecule has 4 heteroatoms. The van der Waals surface area contributed by atoms with Crippen molar-refractivity contribution >= 4 is 33.0 Å². The first-order chi connectivity index (χ1) is 6.94. The van der Waals surface area contributed by atoms with E-state index in [1.807, 2.05) is 0 Å². The second kappa shape index (κ2) is 3.59. The van der Waals surface area contributed by atoms with Gasteiger partial charge in [-0.15, -0.1) is 11.3 Å². The molecule has 1 heterocycles. The van der Waals surface area contributed by atoms with Crippen LogP contribution >= 0.6 is 27.3 Å². The van der Waals surface area contributed by atoms with E-state index in [9.17, 15) is 0 Å². The van der Waals surface area contributed by atoms with Crippen LogP contribution in [0.5, 0.6) is 0 Å². The Bertz CT molecular complexity index is 434. The highest BCUT2D eigenvalue weighted by Gasteiger charge is 2.33. The molecule has 2 rings (SSSR count). The molecule has 1 N–H and O–H groups in total. The van der Waals surface area contributed by atoms with E-state index in [1.54, 1.807) is 11.3 Å². The molecule has 1 aromatic heterocycles. The third kappa shape index (κ3) is 1.85. The van der Waals surface area contributed by atoms with E-state index in [2.05, 4.69) is 41.9 Å². The average Bonchev–Trinajstić information content (AvgIpc) is 2.39. The lowest BCUT2D eigenvalue weighted by molar-refractivity contribution is 0.306. The summed E-state index contributed by atoms with van der Waals surface area (Å²) in [6.07, 6.45) is 1.90. The maximum Gasteiger partial charge on any atom is 0.0887 e. The lowest BCUT2D eigenvalue weighted by Gasteiger charge is -2.30. The molecule has 0 aliphatic heterocycles. The predicted octanol–water partition coefficient (Wildman–Crippen LogP) is 3.97. The smallest absolute Gasteiger partial charge is 0.0887 e. The molecule has 1 aliphatic rings. The van der Waals surface area contributed by atoms with Crippen molar-refractivity contribution in [3.63, 3.8) is 0 Å². The second-order valence-corrected chi connectivity index (χ2v) is 7.39. The summed E-state index contributed by atoms with van der Waals surface area (Å²) in [7, 11) is 0. The molecular formula is C11H14BrNOS. The van der Waals surface area contributed by atoms with Crippen LogP contribution in [0.3, 0.4) is 0 Å². The summed E-state index contributed by atoms with van der Waals surface area (Å²) in [4.78, 5) is 1.24. The first kappa shape index (κ1) is 11.1. The predicted molar refractivity (Wildman–Crippen MR) is 67.2 cm³/mol. The van der Waals surface area contributed by atoms with E-state index in [4.69, 9.17) is 5.21 Å². The number of rotatable bonds is 0. The van der Waals surface area contributed by atoms with Crippen molar-refractivity contribution in [1.82, 2.24) is 0 Å². The fourth-order valence-corrected chi connectivity index (χ4v) is 4.24. The van der Waals surface area contributed by atoms with E-state index in [-0.39, 0.29) is 5.41 Å². The van der Waals surface area contributed by atoms with Gasteiger partial charge in [0, 0.05) is 10.4 Å². The molecule has 15 heavy (non-hydrogen) atoms. The van der Waals surface area contributed by atoms with Gasteiger partial charge in [0.1, 0.15) is 0 Å². The lowest BCUT2D eigenvalue weighted by atomic mass is 9.74. The van der Waals surface area contributed by atoms with Gasteiger partial charge in [0.25, 0.3) is 0 Å². The van der Waals surface area contributed by atoms with E-state index < -0.39 is 0 Å². The third-order valence-electron chi connectivity index (χ3n) is 2.84. The van der Waals surface area contributed by atoms with Crippen molar-refractivity contribution in [2.75, 3.05) is 0 Å². The Kier molecular flexibility index (Phi) is 2.67. The highest BCUT2D eigenvalue weighted by molar-refractivity contribution is 9.11. The molecule has 0 saturated carbocycles. The summed E-state index contributed by atoms with van der Waals surface area (Å²) >= 11 is 5.32. The van der Waals surface area contributed by atoms with Gasteiger partial charge >= 0.3 is 0 Å². The first-order valence-corrected chi connectivity index (χ1v) is 6.54. The van der Waals surface area contributed by atoms with Crippen LogP contribution in [-0.4, -0.2) is 10.9 Å². The van der Waals surface area contributed by atoms with Crippen molar-refractivity contribution in [1.29, 1.82) is 0 Å². The number of thiophene rings is 1. The third-order valence-corrected chi connectivity index (χ3v) is 4.74. The van der Waals surface area contributed by atoms with Crippen LogP contribution in [0.25, 0.3) is 0 Å². The number of aryl methyl sites for hydroxylation is 1. The van der Waals surface area contributed by atoms with Crippen molar-refractivity contribution in [2.45, 2.75) is 33.6 Å². The standard InChI is InChI=1S/C11H14BrNOS/c1-6-9-7(10(12)15-6)4-11(2,3)5-8(9)13-14/h14H,4-5H2,1-3H3/b13-8-. The number of oxime groups is 1. The maximum absolute atomic E-state index is 9.08. The largest absolute Gasteiger partial charge is 0.411 e. The van der Waals surface area contributed by atoms with Crippen LogP contribution < -0.4 is 0 Å². The van der Waals surface area contributed by atoms with Crippen LogP contribution in [0.15, 0.2) is 8.94 Å². The molecule has 0 fully saturated rings. The zero-order chi connectivity index (χ0) is 11.2. The molecule has 0 bridgehead atoms. The minimum Gasteiger partial charge on any atom is -0.411 e. The van der Waals surface area contributed by atoms with E-state index in [0.29, 0.717) is 0 Å².